The highest BCUT2D eigenvalue weighted by Gasteiger charge is 2.46. The molecule has 10 nitrogen and oxygen atoms in total. The van der Waals surface area contributed by atoms with Gasteiger partial charge in [0.15, 0.2) is 5.06 Å². The summed E-state index contributed by atoms with van der Waals surface area (Å²) < 4.78 is 11.9. The van der Waals surface area contributed by atoms with E-state index in [4.69, 9.17) is 15.2 Å². The first-order valence-corrected chi connectivity index (χ1v) is 15.5. The van der Waals surface area contributed by atoms with Crippen molar-refractivity contribution in [1.82, 2.24) is 20.4 Å². The van der Waals surface area contributed by atoms with Crippen LogP contribution in [0.15, 0.2) is 54.6 Å². The molecule has 4 N–H and O–H groups in total. The smallest absolute Gasteiger partial charge is 0.399 e. The van der Waals surface area contributed by atoms with Gasteiger partial charge in [-0.1, -0.05) is 60.6 Å². The van der Waals surface area contributed by atoms with Crippen LogP contribution in [0.3, 0.4) is 0 Å². The molecule has 0 atom stereocenters. The Hall–Kier alpha value is -3.67. The van der Waals surface area contributed by atoms with Crippen LogP contribution in [0.2, 0.25) is 0 Å². The zero-order valence-corrected chi connectivity index (χ0v) is 24.6. The highest BCUT2D eigenvalue weighted by Crippen LogP contribution is 2.35. The summed E-state index contributed by atoms with van der Waals surface area (Å²) in [7, 11) is 0. The molecule has 0 radical (unpaired) electrons. The van der Waals surface area contributed by atoms with E-state index in [1.165, 1.54) is 16.2 Å². The number of nitrogen functional groups attached to an aromatic ring is 1. The van der Waals surface area contributed by atoms with E-state index >= 15 is 0 Å². The van der Waals surface area contributed by atoms with Gasteiger partial charge in [-0.05, 0) is 55.3 Å². The summed E-state index contributed by atoms with van der Waals surface area (Å²) in [6.45, 7) is 4.72. The quantitative estimate of drug-likeness (QED) is 0.235. The van der Waals surface area contributed by atoms with Gasteiger partial charge in [0.1, 0.15) is 5.54 Å². The number of imide groups is 1. The third kappa shape index (κ3) is 7.58. The molecule has 0 unspecified atom stereocenters. The molecule has 5 rings (SSSR count). The number of thiophene rings is 1. The van der Waals surface area contributed by atoms with Gasteiger partial charge in [0.25, 0.3) is 5.91 Å². The number of ether oxygens (including phenoxy) is 2. The average Bonchev–Trinajstić information content (AvgIpc) is 3.63. The molecule has 3 aromatic rings. The molecule has 2 aromatic carbocycles. The largest absolute Gasteiger partial charge is 0.414 e. The first-order chi connectivity index (χ1) is 20.4. The predicted molar refractivity (Wildman–Crippen MR) is 164 cm³/mol. The summed E-state index contributed by atoms with van der Waals surface area (Å²) in [4.78, 5) is 44.3. The summed E-state index contributed by atoms with van der Waals surface area (Å²) in [5, 5.41) is 7.15. The van der Waals surface area contributed by atoms with Crippen LogP contribution < -0.4 is 21.1 Å². The molecule has 4 amide bonds. The van der Waals surface area contributed by atoms with Gasteiger partial charge in [-0.2, -0.15) is 0 Å². The lowest BCUT2D eigenvalue weighted by molar-refractivity contribution is -0.134. The van der Waals surface area contributed by atoms with Crippen LogP contribution in [-0.2, 0) is 16.0 Å². The van der Waals surface area contributed by atoms with Crippen LogP contribution in [0, 0.1) is 0 Å². The second kappa shape index (κ2) is 14.0. The number of carbonyl (C=O) groups is 3. The van der Waals surface area contributed by atoms with Crippen LogP contribution in [-0.4, -0.2) is 79.3 Å². The number of morpholine rings is 1. The van der Waals surface area contributed by atoms with Gasteiger partial charge in [-0.3, -0.25) is 14.6 Å². The van der Waals surface area contributed by atoms with Crippen molar-refractivity contribution < 1.29 is 23.9 Å². The number of urea groups is 1. The first-order valence-electron chi connectivity index (χ1n) is 14.6. The number of hydrogen-bond donors (Lipinski definition) is 3. The van der Waals surface area contributed by atoms with Crippen molar-refractivity contribution in [2.24, 2.45) is 0 Å². The van der Waals surface area contributed by atoms with Crippen LogP contribution in [0.25, 0.3) is 10.1 Å². The molecular weight excluding hydrogens is 554 g/mol. The number of amides is 4. The molecule has 0 bridgehead atoms. The number of fused-ring (bicyclic) bond motifs is 1. The maximum absolute atomic E-state index is 14.1. The number of rotatable bonds is 10. The second-order valence-electron chi connectivity index (χ2n) is 10.9. The molecule has 1 aliphatic carbocycles. The van der Waals surface area contributed by atoms with Gasteiger partial charge in [0.2, 0.25) is 0 Å². The van der Waals surface area contributed by atoms with Gasteiger partial charge < -0.3 is 25.8 Å². The van der Waals surface area contributed by atoms with E-state index in [-0.39, 0.29) is 6.54 Å². The molecular formula is C31H39N5O5S. The number of anilines is 1. The lowest BCUT2D eigenvalue weighted by Crippen LogP contribution is -2.61. The van der Waals surface area contributed by atoms with E-state index in [1.54, 1.807) is 12.1 Å². The van der Waals surface area contributed by atoms with Crippen LogP contribution in [0.4, 0.5) is 15.3 Å². The molecule has 2 aliphatic rings. The maximum atomic E-state index is 14.1. The Labute approximate surface area is 250 Å². The molecule has 2 fully saturated rings. The van der Waals surface area contributed by atoms with Crippen LogP contribution in [0.5, 0.6) is 5.06 Å². The topological polar surface area (TPSA) is 126 Å². The monoisotopic (exact) mass is 593 g/mol. The molecule has 42 heavy (non-hydrogen) atoms. The highest BCUT2D eigenvalue weighted by molar-refractivity contribution is 7.20. The minimum Gasteiger partial charge on any atom is -0.399 e. The van der Waals surface area contributed by atoms with Crippen molar-refractivity contribution in [1.29, 1.82) is 0 Å². The van der Waals surface area contributed by atoms with Crippen molar-refractivity contribution in [3.63, 3.8) is 0 Å². The molecule has 224 valence electrons. The molecule has 1 aliphatic heterocycles. The fourth-order valence-corrected chi connectivity index (χ4v) is 6.57. The maximum Gasteiger partial charge on any atom is 0.414 e. The summed E-state index contributed by atoms with van der Waals surface area (Å²) in [6, 6.07) is 16.6. The fraction of sp³-hybridized carbons (Fsp3) is 0.452. The number of carbonyl (C=O) groups excluding carboxylic acids is 3. The van der Waals surface area contributed by atoms with E-state index in [9.17, 15) is 14.4 Å². The highest BCUT2D eigenvalue weighted by atomic mass is 32.1. The minimum atomic E-state index is -1.21. The van der Waals surface area contributed by atoms with Gasteiger partial charge in [-0.15, -0.1) is 0 Å². The Morgan fingerprint density at radius 1 is 1.05 bits per heavy atom. The molecule has 0 spiro atoms. The molecule has 1 aromatic heterocycles. The van der Waals surface area contributed by atoms with Gasteiger partial charge >= 0.3 is 12.1 Å². The zero-order chi connectivity index (χ0) is 29.4. The standard InChI is InChI=1S/C31H39N5O5S/c32-25-10-9-24-21-27(42-26(24)22-25)41-30(39)34-31(12-4-5-13-31)28(37)36(16-11-23-7-2-1-3-8-23)29(38)33-14-6-15-35-17-19-40-20-18-35/h1-3,7-10,21-22H,4-6,11-20,32H2,(H,33,38)(H,34,39). The Morgan fingerprint density at radius 2 is 1.81 bits per heavy atom. The third-order valence-corrected chi connectivity index (χ3v) is 8.89. The molecule has 11 heteroatoms. The summed E-state index contributed by atoms with van der Waals surface area (Å²) in [5.41, 5.74) is 6.33. The van der Waals surface area contributed by atoms with Gasteiger partial charge in [0, 0.05) is 42.6 Å². The lowest BCUT2D eigenvalue weighted by atomic mass is 9.95. The molecule has 1 saturated heterocycles. The summed E-state index contributed by atoms with van der Waals surface area (Å²) in [6.07, 6.45) is 2.98. The lowest BCUT2D eigenvalue weighted by Gasteiger charge is -2.34. The number of nitrogens with two attached hydrogens (primary N) is 1. The Morgan fingerprint density at radius 3 is 2.57 bits per heavy atom. The summed E-state index contributed by atoms with van der Waals surface area (Å²) in [5.74, 6) is -0.400. The average molecular weight is 594 g/mol. The number of nitrogens with zero attached hydrogens (tertiary/aromatic N) is 2. The zero-order valence-electron chi connectivity index (χ0n) is 23.8. The number of benzene rings is 2. The third-order valence-electron chi connectivity index (χ3n) is 7.91. The van der Waals surface area contributed by atoms with Gasteiger partial charge in [-0.25, -0.2) is 9.59 Å². The van der Waals surface area contributed by atoms with E-state index in [2.05, 4.69) is 15.5 Å². The Kier molecular flexibility index (Phi) is 9.93. The Balaban J connectivity index is 1.26. The first kappa shape index (κ1) is 29.8. The summed E-state index contributed by atoms with van der Waals surface area (Å²) >= 11 is 1.31. The predicted octanol–water partition coefficient (Wildman–Crippen LogP) is 4.39. The number of hydrogen-bond acceptors (Lipinski definition) is 8. The normalized spacial score (nSPS) is 16.7. The van der Waals surface area contributed by atoms with Crippen molar-refractivity contribution in [2.75, 3.05) is 51.7 Å². The van der Waals surface area contributed by atoms with E-state index in [0.717, 1.165) is 67.8 Å². The number of nitrogens with one attached hydrogen (secondary N) is 2. The minimum absolute atomic E-state index is 0.203. The molecule has 1 saturated carbocycles. The second-order valence-corrected chi connectivity index (χ2v) is 11.9. The van der Waals surface area contributed by atoms with E-state index in [0.29, 0.717) is 36.6 Å². The van der Waals surface area contributed by atoms with Crippen molar-refractivity contribution in [3.05, 3.63) is 60.2 Å². The van der Waals surface area contributed by atoms with Crippen molar-refractivity contribution >= 4 is 45.1 Å². The van der Waals surface area contributed by atoms with Crippen molar-refractivity contribution in [3.8, 4) is 5.06 Å². The fourth-order valence-electron chi connectivity index (χ4n) is 5.61. The molecule has 2 heterocycles. The van der Waals surface area contributed by atoms with Crippen LogP contribution in [0.1, 0.15) is 37.7 Å². The van der Waals surface area contributed by atoms with Crippen molar-refractivity contribution in [2.45, 2.75) is 44.1 Å². The van der Waals surface area contributed by atoms with Gasteiger partial charge in [0.05, 0.1) is 13.2 Å². The van der Waals surface area contributed by atoms with E-state index < -0.39 is 23.6 Å². The SMILES string of the molecule is Nc1ccc2cc(OC(=O)NC3(C(=O)N(CCc4ccccc4)C(=O)NCCCN4CCOCC4)CCCC3)sc2c1. The Bertz CT molecular complexity index is 1370. The van der Waals surface area contributed by atoms with Crippen LogP contribution >= 0.6 is 11.3 Å². The van der Waals surface area contributed by atoms with E-state index in [1.807, 2.05) is 42.5 Å².